The Balaban J connectivity index is 1.95. The van der Waals surface area contributed by atoms with Crippen LogP contribution in [0.25, 0.3) is 11.0 Å². The zero-order valence-corrected chi connectivity index (χ0v) is 14.4. The molecule has 3 aromatic rings. The number of fused-ring (bicyclic) bond motifs is 1. The highest BCUT2D eigenvalue weighted by Crippen LogP contribution is 2.32. The number of hydrogen-bond donors (Lipinski definition) is 1. The number of hydrogen-bond acceptors (Lipinski definition) is 3. The highest BCUT2D eigenvalue weighted by Gasteiger charge is 2.34. The summed E-state index contributed by atoms with van der Waals surface area (Å²) in [6.45, 7) is 1.53. The first-order valence-electron chi connectivity index (χ1n) is 7.67. The average molecular weight is 386 g/mol. The van der Waals surface area contributed by atoms with E-state index in [0.717, 1.165) is 12.1 Å². The maximum absolute atomic E-state index is 13.4. The molecular weight excluding hydrogens is 372 g/mol. The van der Waals surface area contributed by atoms with Gasteiger partial charge in [0.2, 0.25) is 0 Å². The van der Waals surface area contributed by atoms with E-state index in [9.17, 15) is 26.0 Å². The van der Waals surface area contributed by atoms with Crippen LogP contribution in [-0.2, 0) is 22.4 Å². The summed E-state index contributed by atoms with van der Waals surface area (Å²) in [5, 5.41) is 0. The van der Waals surface area contributed by atoms with Crippen molar-refractivity contribution in [3.05, 3.63) is 59.2 Å². The topological polar surface area (TPSA) is 62.8 Å². The molecule has 0 aliphatic rings. The molecule has 0 radical (unpaired) electrons. The highest BCUT2D eigenvalue weighted by molar-refractivity contribution is 7.91. The fourth-order valence-electron chi connectivity index (χ4n) is 2.58. The van der Waals surface area contributed by atoms with Crippen LogP contribution in [0.2, 0.25) is 0 Å². The van der Waals surface area contributed by atoms with Crippen molar-refractivity contribution in [1.29, 1.82) is 0 Å². The molecule has 1 heterocycles. The summed E-state index contributed by atoms with van der Waals surface area (Å²) in [6, 6.07) is 7.18. The number of imidazole rings is 1. The van der Waals surface area contributed by atoms with E-state index in [4.69, 9.17) is 0 Å². The zero-order chi connectivity index (χ0) is 19.1. The van der Waals surface area contributed by atoms with Gasteiger partial charge in [-0.15, -0.1) is 0 Å². The number of nitrogens with zero attached hydrogens (tertiary/aromatic N) is 1. The minimum atomic E-state index is -4.78. The number of halogens is 4. The van der Waals surface area contributed by atoms with E-state index in [1.165, 1.54) is 31.2 Å². The summed E-state index contributed by atoms with van der Waals surface area (Å²) in [5.41, 5.74) is -0.137. The first-order valence-corrected chi connectivity index (χ1v) is 9.32. The lowest BCUT2D eigenvalue weighted by Crippen LogP contribution is -2.09. The van der Waals surface area contributed by atoms with Crippen LogP contribution in [0.15, 0.2) is 41.3 Å². The molecule has 0 fully saturated rings. The van der Waals surface area contributed by atoms with Crippen LogP contribution in [0.5, 0.6) is 0 Å². The molecule has 3 rings (SSSR count). The Labute approximate surface area is 146 Å². The number of rotatable bonds is 4. The molecule has 0 saturated heterocycles. The van der Waals surface area contributed by atoms with E-state index in [2.05, 4.69) is 9.97 Å². The molecule has 138 valence electrons. The Kier molecular flexibility index (Phi) is 4.51. The SMILES string of the molecule is CCS(=O)(=O)c1ccc2nc(Cc3ccc(F)c(C(F)(F)F)c3)[nH]c2c1. The van der Waals surface area contributed by atoms with Gasteiger partial charge in [0, 0.05) is 6.42 Å². The van der Waals surface area contributed by atoms with Crippen molar-refractivity contribution in [1.82, 2.24) is 9.97 Å². The van der Waals surface area contributed by atoms with Gasteiger partial charge in [0.05, 0.1) is 27.2 Å². The molecule has 0 aliphatic heterocycles. The van der Waals surface area contributed by atoms with Gasteiger partial charge < -0.3 is 4.98 Å². The maximum atomic E-state index is 13.4. The van der Waals surface area contributed by atoms with E-state index >= 15 is 0 Å². The first kappa shape index (κ1) is 18.4. The standard InChI is InChI=1S/C17H14F4N2O2S/c1-2-26(24,25)11-4-6-14-15(9-11)23-16(22-14)8-10-3-5-13(18)12(7-10)17(19,20)21/h3-7,9H,2,8H2,1H3,(H,22,23). The molecule has 4 nitrogen and oxygen atoms in total. The molecule has 1 N–H and O–H groups in total. The Morgan fingerprint density at radius 2 is 1.85 bits per heavy atom. The Bertz CT molecular complexity index is 1070. The number of H-pyrrole nitrogens is 1. The van der Waals surface area contributed by atoms with Crippen LogP contribution < -0.4 is 0 Å². The van der Waals surface area contributed by atoms with Crippen molar-refractivity contribution >= 4 is 20.9 Å². The zero-order valence-electron chi connectivity index (χ0n) is 13.6. The van der Waals surface area contributed by atoms with Gasteiger partial charge >= 0.3 is 6.18 Å². The quantitative estimate of drug-likeness (QED) is 0.687. The van der Waals surface area contributed by atoms with Gasteiger partial charge in [-0.05, 0) is 35.9 Å². The van der Waals surface area contributed by atoms with E-state index in [0.29, 0.717) is 16.9 Å². The highest BCUT2D eigenvalue weighted by atomic mass is 32.2. The predicted molar refractivity (Wildman–Crippen MR) is 88.0 cm³/mol. The number of sulfone groups is 1. The molecule has 0 bridgehead atoms. The molecule has 0 saturated carbocycles. The molecule has 0 unspecified atom stereocenters. The summed E-state index contributed by atoms with van der Waals surface area (Å²) in [7, 11) is -3.38. The lowest BCUT2D eigenvalue weighted by atomic mass is 10.1. The van der Waals surface area contributed by atoms with Crippen molar-refractivity contribution in [2.75, 3.05) is 5.75 Å². The second kappa shape index (κ2) is 6.39. The summed E-state index contributed by atoms with van der Waals surface area (Å²) < 4.78 is 75.6. The van der Waals surface area contributed by atoms with E-state index in [1.54, 1.807) is 0 Å². The third-order valence-corrected chi connectivity index (χ3v) is 5.68. The smallest absolute Gasteiger partial charge is 0.342 e. The van der Waals surface area contributed by atoms with Crippen LogP contribution in [0.4, 0.5) is 17.6 Å². The van der Waals surface area contributed by atoms with Crippen molar-refractivity contribution in [3.63, 3.8) is 0 Å². The molecule has 0 aliphatic carbocycles. The first-order chi connectivity index (χ1) is 12.1. The third kappa shape index (κ3) is 3.57. The molecule has 0 spiro atoms. The number of benzene rings is 2. The summed E-state index contributed by atoms with van der Waals surface area (Å²) in [6.07, 6.45) is -4.76. The number of aromatic amines is 1. The van der Waals surface area contributed by atoms with Crippen molar-refractivity contribution in [3.8, 4) is 0 Å². The third-order valence-electron chi connectivity index (χ3n) is 3.95. The van der Waals surface area contributed by atoms with Gasteiger partial charge in [0.1, 0.15) is 11.6 Å². The second-order valence-electron chi connectivity index (χ2n) is 5.75. The molecule has 9 heteroatoms. The minimum absolute atomic E-state index is 0.0217. The van der Waals surface area contributed by atoms with Crippen molar-refractivity contribution in [2.45, 2.75) is 24.4 Å². The second-order valence-corrected chi connectivity index (χ2v) is 8.03. The lowest BCUT2D eigenvalue weighted by Gasteiger charge is -2.09. The molecule has 0 atom stereocenters. The summed E-state index contributed by atoms with van der Waals surface area (Å²) in [5.74, 6) is -1.03. The van der Waals surface area contributed by atoms with Crippen molar-refractivity contribution in [2.24, 2.45) is 0 Å². The molecule has 2 aromatic carbocycles. The summed E-state index contributed by atoms with van der Waals surface area (Å²) in [4.78, 5) is 7.29. The van der Waals surface area contributed by atoms with Crippen LogP contribution in [0.1, 0.15) is 23.9 Å². The summed E-state index contributed by atoms with van der Waals surface area (Å²) >= 11 is 0. The molecule has 0 amide bonds. The number of nitrogens with one attached hydrogen (secondary N) is 1. The fourth-order valence-corrected chi connectivity index (χ4v) is 3.48. The molecular formula is C17H14F4N2O2S. The van der Waals surface area contributed by atoms with Gasteiger partial charge in [-0.1, -0.05) is 13.0 Å². The Hall–Kier alpha value is -2.42. The maximum Gasteiger partial charge on any atom is 0.419 e. The lowest BCUT2D eigenvalue weighted by molar-refractivity contribution is -0.140. The van der Waals surface area contributed by atoms with Gasteiger partial charge in [0.25, 0.3) is 0 Å². The van der Waals surface area contributed by atoms with E-state index in [-0.39, 0.29) is 22.6 Å². The van der Waals surface area contributed by atoms with Crippen LogP contribution in [0.3, 0.4) is 0 Å². The van der Waals surface area contributed by atoms with Crippen LogP contribution >= 0.6 is 0 Å². The fraction of sp³-hybridized carbons (Fsp3) is 0.235. The van der Waals surface area contributed by atoms with Gasteiger partial charge in [-0.25, -0.2) is 17.8 Å². The van der Waals surface area contributed by atoms with Gasteiger partial charge in [0.15, 0.2) is 9.84 Å². The van der Waals surface area contributed by atoms with Crippen molar-refractivity contribution < 1.29 is 26.0 Å². The largest absolute Gasteiger partial charge is 0.419 e. The van der Waals surface area contributed by atoms with Crippen LogP contribution in [-0.4, -0.2) is 24.1 Å². The Morgan fingerprint density at radius 3 is 2.50 bits per heavy atom. The minimum Gasteiger partial charge on any atom is -0.342 e. The Morgan fingerprint density at radius 1 is 1.12 bits per heavy atom. The van der Waals surface area contributed by atoms with E-state index < -0.39 is 27.4 Å². The monoisotopic (exact) mass is 386 g/mol. The predicted octanol–water partition coefficient (Wildman–Crippen LogP) is 4.11. The van der Waals surface area contributed by atoms with Gasteiger partial charge in [-0.3, -0.25) is 0 Å². The van der Waals surface area contributed by atoms with Gasteiger partial charge in [-0.2, -0.15) is 13.2 Å². The van der Waals surface area contributed by atoms with Crippen LogP contribution in [0, 0.1) is 5.82 Å². The number of alkyl halides is 3. The average Bonchev–Trinajstić information content (AvgIpc) is 2.97. The number of aromatic nitrogens is 2. The van der Waals surface area contributed by atoms with E-state index in [1.807, 2.05) is 0 Å². The normalized spacial score (nSPS) is 12.7. The molecule has 1 aromatic heterocycles. The molecule has 26 heavy (non-hydrogen) atoms.